The van der Waals surface area contributed by atoms with E-state index in [2.05, 4.69) is 97.9 Å². The third-order valence-corrected chi connectivity index (χ3v) is 24.2. The number of halogens is 6. The van der Waals surface area contributed by atoms with Crippen molar-refractivity contribution in [2.24, 2.45) is 46.6 Å². The van der Waals surface area contributed by atoms with Crippen molar-refractivity contribution in [2.45, 2.75) is 220 Å². The fourth-order valence-corrected chi connectivity index (χ4v) is 15.3. The molecular formula is C86H134Cl4F2N16O8. The Hall–Kier alpha value is -6.66. The van der Waals surface area contributed by atoms with Crippen LogP contribution in [0.1, 0.15) is 211 Å². The van der Waals surface area contributed by atoms with Crippen LogP contribution in [0, 0.1) is 49.2 Å². The zero-order valence-corrected chi connectivity index (χ0v) is 73.1. The molecule has 4 aromatic carbocycles. The van der Waals surface area contributed by atoms with Crippen molar-refractivity contribution < 1.29 is 47.1 Å². The van der Waals surface area contributed by atoms with Crippen LogP contribution in [0.25, 0.3) is 0 Å². The molecule has 0 unspecified atom stereocenters. The summed E-state index contributed by atoms with van der Waals surface area (Å²) in [7, 11) is 0. The van der Waals surface area contributed by atoms with E-state index in [0.717, 1.165) is 120 Å². The van der Waals surface area contributed by atoms with E-state index in [9.17, 15) is 47.1 Å². The Balaban J connectivity index is 0.000000276. The monoisotopic (exact) mass is 1700 g/mol. The Morgan fingerprint density at radius 2 is 0.638 bits per heavy atom. The predicted molar refractivity (Wildman–Crippen MR) is 463 cm³/mol. The number of carbonyl (C=O) groups excluding carboxylic acids is 8. The molecule has 0 aliphatic carbocycles. The summed E-state index contributed by atoms with van der Waals surface area (Å²) < 4.78 is 26.9. The topological polar surface area (TPSA) is 350 Å². The average molecular weight is 1700 g/mol. The number of benzene rings is 4. The van der Waals surface area contributed by atoms with Gasteiger partial charge in [0.1, 0.15) is 11.6 Å². The lowest BCUT2D eigenvalue weighted by Gasteiger charge is -2.27. The Kier molecular flexibility index (Phi) is 45.7. The minimum Gasteiger partial charge on any atom is -0.350 e. The van der Waals surface area contributed by atoms with E-state index >= 15 is 0 Å². The van der Waals surface area contributed by atoms with Crippen molar-refractivity contribution in [3.63, 3.8) is 0 Å². The Labute approximate surface area is 708 Å². The molecule has 4 aliphatic rings. The quantitative estimate of drug-likeness (QED) is 0.0201. The number of nitrogens with zero attached hydrogens (tertiary/aromatic N) is 4. The fourth-order valence-electron chi connectivity index (χ4n) is 14.7. The van der Waals surface area contributed by atoms with Crippen LogP contribution in [0.4, 0.5) is 8.78 Å². The first kappa shape index (κ1) is 99.9. The Morgan fingerprint density at radius 3 is 0.905 bits per heavy atom. The molecule has 4 saturated heterocycles. The lowest BCUT2D eigenvalue weighted by atomic mass is 10.0. The first-order valence-electron chi connectivity index (χ1n) is 42.1. The van der Waals surface area contributed by atoms with Gasteiger partial charge in [-0.3, -0.25) is 38.4 Å². The number of carbonyl (C=O) groups is 8. The van der Waals surface area contributed by atoms with Crippen molar-refractivity contribution in [1.29, 1.82) is 0 Å². The van der Waals surface area contributed by atoms with Crippen molar-refractivity contribution in [2.75, 3.05) is 105 Å². The van der Waals surface area contributed by atoms with Crippen molar-refractivity contribution >= 4 is 93.7 Å². The standard InChI is InChI=1S/2C22H35ClN4O2.2C21H32ClFN4O2/c1-4-16(5-2)14-27-11-9-18(26-20(8-10-24)22(27)29)13-25-21(28)17-6-7-19(23)15(3)12-17;1-4-16(5-2)14-27-11-9-18(26-20(8-10-24)22(27)29)13-25-21(28)17-7-6-15(3)19(23)12-17;1-3-14(4-2)13-27-10-8-16(26-19(7-9-24)21(27)29)12-25-20(28)15-5-6-18(23)17(22)11-15;1-3-14(4-2)13-27-10-8-16(26-19(7-9-24)21(27)29)12-25-20(28)15-5-6-17(22)18(23)11-15/h2*6-7,12,16,18,20,26H,4-5,8-11,13-14,24H2,1-3H3,(H,25,28);2*5-6,11,14,16,19,26H,3-4,7-10,12-13,24H2,1-2H3,(H,25,28)/t2*18-,20-;2*16-,19-/m0000/s1. The summed E-state index contributed by atoms with van der Waals surface area (Å²) in [5, 5.41) is 26.3. The van der Waals surface area contributed by atoms with Crippen molar-refractivity contribution in [1.82, 2.24) is 62.1 Å². The van der Waals surface area contributed by atoms with Crippen LogP contribution < -0.4 is 65.5 Å². The molecule has 8 amide bonds. The molecule has 4 aromatic rings. The van der Waals surface area contributed by atoms with Crippen LogP contribution in [-0.2, 0) is 19.2 Å². The van der Waals surface area contributed by atoms with E-state index in [0.29, 0.717) is 155 Å². The maximum absolute atomic E-state index is 13.6. The zero-order chi connectivity index (χ0) is 85.6. The minimum atomic E-state index is -0.627. The average Bonchev–Trinajstić information content (AvgIpc) is 1.64. The van der Waals surface area contributed by atoms with Gasteiger partial charge in [0.15, 0.2) is 0 Å². The van der Waals surface area contributed by atoms with Crippen molar-refractivity contribution in [3.05, 3.63) is 138 Å². The van der Waals surface area contributed by atoms with E-state index in [1.165, 1.54) is 30.3 Å². The second-order valence-electron chi connectivity index (χ2n) is 31.0. The van der Waals surface area contributed by atoms with Gasteiger partial charge in [-0.05, 0) is 193 Å². The van der Waals surface area contributed by atoms with E-state index in [1.54, 1.807) is 30.3 Å². The molecule has 4 fully saturated rings. The largest absolute Gasteiger partial charge is 0.350 e. The second kappa shape index (κ2) is 53.1. The normalized spacial score (nSPS) is 20.1. The highest BCUT2D eigenvalue weighted by molar-refractivity contribution is 6.32. The fraction of sp³-hybridized carbons (Fsp3) is 0.628. The Morgan fingerprint density at radius 1 is 0.371 bits per heavy atom. The van der Waals surface area contributed by atoms with Gasteiger partial charge in [-0.2, -0.15) is 0 Å². The van der Waals surface area contributed by atoms with Gasteiger partial charge in [0.2, 0.25) is 23.6 Å². The molecule has 0 aromatic heterocycles. The first-order valence-corrected chi connectivity index (χ1v) is 43.6. The molecule has 24 nitrogen and oxygen atoms in total. The Bertz CT molecular complexity index is 3260. The molecule has 8 rings (SSSR count). The molecule has 8 atom stereocenters. The third kappa shape index (κ3) is 32.5. The van der Waals surface area contributed by atoms with Crippen LogP contribution in [-0.4, -0.2) is 220 Å². The highest BCUT2D eigenvalue weighted by Gasteiger charge is 2.36. The molecule has 648 valence electrons. The van der Waals surface area contributed by atoms with Gasteiger partial charge < -0.3 is 85.1 Å². The molecule has 0 radical (unpaired) electrons. The van der Waals surface area contributed by atoms with Crippen LogP contribution >= 0.6 is 46.4 Å². The summed E-state index contributed by atoms with van der Waals surface area (Å²) >= 11 is 23.6. The number of rotatable bonds is 36. The lowest BCUT2D eigenvalue weighted by Crippen LogP contribution is -2.50. The van der Waals surface area contributed by atoms with Gasteiger partial charge in [-0.1, -0.05) is 159 Å². The first-order chi connectivity index (χ1) is 55.6. The number of hydrogen-bond donors (Lipinski definition) is 12. The lowest BCUT2D eigenvalue weighted by molar-refractivity contribution is -0.134. The van der Waals surface area contributed by atoms with E-state index < -0.39 is 11.6 Å². The molecular weight excluding hydrogens is 1560 g/mol. The number of amides is 8. The number of nitrogens with two attached hydrogens (primary N) is 4. The number of nitrogens with one attached hydrogen (secondary N) is 8. The highest BCUT2D eigenvalue weighted by Crippen LogP contribution is 2.25. The van der Waals surface area contributed by atoms with Gasteiger partial charge in [-0.25, -0.2) is 8.78 Å². The summed E-state index contributed by atoms with van der Waals surface area (Å²) in [6, 6.07) is 17.0. The summed E-state index contributed by atoms with van der Waals surface area (Å²) in [6.07, 6.45) is 13.7. The van der Waals surface area contributed by atoms with Gasteiger partial charge in [0, 0.05) is 135 Å². The molecule has 0 spiro atoms. The SMILES string of the molecule is CCC(CC)CN1CC[C@@H](CNC(=O)c2ccc(C)c(Cl)c2)N[C@@H](CCN)C1=O.CCC(CC)CN1CC[C@@H](CNC(=O)c2ccc(Cl)c(C)c2)N[C@@H](CCN)C1=O.CCC(CC)CN1CC[C@@H](CNC(=O)c2ccc(Cl)c(F)c2)N[C@@H](CCN)C1=O.CCC(CC)CN1CC[C@@H](CNC(=O)c2ccc(F)c(Cl)c2)N[C@@H](CCN)C1=O. The van der Waals surface area contributed by atoms with Gasteiger partial charge in [0.25, 0.3) is 23.6 Å². The molecule has 0 bridgehead atoms. The molecule has 4 aliphatic heterocycles. The van der Waals surface area contributed by atoms with Crippen molar-refractivity contribution in [3.8, 4) is 0 Å². The molecule has 0 saturated carbocycles. The summed E-state index contributed by atoms with van der Waals surface area (Å²) in [4.78, 5) is 109. The van der Waals surface area contributed by atoms with Gasteiger partial charge in [-0.15, -0.1) is 0 Å². The van der Waals surface area contributed by atoms with E-state index in [4.69, 9.17) is 69.3 Å². The third-order valence-electron chi connectivity index (χ3n) is 22.8. The van der Waals surface area contributed by atoms with Gasteiger partial charge in [0.05, 0.1) is 34.2 Å². The zero-order valence-electron chi connectivity index (χ0n) is 70.1. The summed E-state index contributed by atoms with van der Waals surface area (Å²) in [5.41, 5.74) is 26.4. The predicted octanol–water partition coefficient (Wildman–Crippen LogP) is 10.6. The summed E-state index contributed by atoms with van der Waals surface area (Å²) in [5.74, 6) is 0.235. The van der Waals surface area contributed by atoms with E-state index in [1.807, 2.05) is 39.5 Å². The molecule has 16 N–H and O–H groups in total. The molecule has 30 heteroatoms. The maximum atomic E-state index is 13.6. The maximum Gasteiger partial charge on any atom is 0.251 e. The second-order valence-corrected chi connectivity index (χ2v) is 32.7. The highest BCUT2D eigenvalue weighted by atomic mass is 35.5. The molecule has 4 heterocycles. The van der Waals surface area contributed by atoms with E-state index in [-0.39, 0.29) is 111 Å². The number of hydrogen-bond acceptors (Lipinski definition) is 16. The smallest absolute Gasteiger partial charge is 0.251 e. The molecule has 116 heavy (non-hydrogen) atoms. The van der Waals surface area contributed by atoms with Gasteiger partial charge >= 0.3 is 0 Å². The van der Waals surface area contributed by atoms with Crippen LogP contribution in [0.2, 0.25) is 20.1 Å². The number of aryl methyl sites for hydroxylation is 2. The van der Waals surface area contributed by atoms with Crippen LogP contribution in [0.3, 0.4) is 0 Å². The van der Waals surface area contributed by atoms with Crippen LogP contribution in [0.5, 0.6) is 0 Å². The minimum absolute atomic E-state index is 0.0204. The van der Waals surface area contributed by atoms with Crippen LogP contribution in [0.15, 0.2) is 72.8 Å². The summed E-state index contributed by atoms with van der Waals surface area (Å²) in [6.45, 7) is 30.1.